The predicted molar refractivity (Wildman–Crippen MR) is 154 cm³/mol. The van der Waals surface area contributed by atoms with Crippen molar-refractivity contribution in [2.45, 2.75) is 51.8 Å². The third-order valence-electron chi connectivity index (χ3n) is 9.78. The van der Waals surface area contributed by atoms with Crippen LogP contribution >= 0.6 is 0 Å². The molecule has 1 aliphatic carbocycles. The predicted octanol–water partition coefficient (Wildman–Crippen LogP) is 5.08. The van der Waals surface area contributed by atoms with Gasteiger partial charge < -0.3 is 19.5 Å². The number of pyridine rings is 1. The van der Waals surface area contributed by atoms with Crippen molar-refractivity contribution in [1.82, 2.24) is 9.88 Å². The number of carbonyl (C=O) groups is 1. The number of fused-ring (bicyclic) bond motifs is 2. The van der Waals surface area contributed by atoms with Crippen molar-refractivity contribution in [2.24, 2.45) is 11.3 Å². The lowest BCUT2D eigenvalue weighted by Crippen LogP contribution is -2.39. The summed E-state index contributed by atoms with van der Waals surface area (Å²) in [6.07, 6.45) is 3.68. The molecule has 7 heteroatoms. The van der Waals surface area contributed by atoms with Gasteiger partial charge in [0.05, 0.1) is 17.7 Å². The number of anilines is 1. The zero-order chi connectivity index (χ0) is 27.3. The molecule has 3 aliphatic heterocycles. The van der Waals surface area contributed by atoms with Crippen LogP contribution in [0.5, 0.6) is 5.75 Å². The molecule has 3 aromatic rings. The number of aliphatic carboxylic acids is 1. The summed E-state index contributed by atoms with van der Waals surface area (Å²) in [4.78, 5) is 21.5. The Morgan fingerprint density at radius 1 is 1.15 bits per heavy atom. The molecule has 1 N–H and O–H groups in total. The molecule has 4 aliphatic rings. The maximum Gasteiger partial charge on any atom is 0.310 e. The summed E-state index contributed by atoms with van der Waals surface area (Å²) < 4.78 is 12.1. The van der Waals surface area contributed by atoms with E-state index in [2.05, 4.69) is 34.9 Å². The number of hydrogen-bond acceptors (Lipinski definition) is 6. The summed E-state index contributed by atoms with van der Waals surface area (Å²) in [6.45, 7) is 8.07. The molecule has 2 aromatic carbocycles. The Kier molecular flexibility index (Phi) is 6.51. The standard InChI is InChI=1S/C33H37N3O4/c1-22-24(10-9-23-18-35(14-11-27(22)23)26-12-16-39-21-26)20-40-30-7-3-2-5-28(30)29-6-4-8-31(34-29)36-15-13-33(32(37)38)17-25(33)19-36/h2-10,25-26H,11-21H2,1H3,(H,37,38)/t25-,26+,33+/m0/s1. The quantitative estimate of drug-likeness (QED) is 0.449. The molecule has 2 saturated heterocycles. The zero-order valence-corrected chi connectivity index (χ0v) is 23.1. The first kappa shape index (κ1) is 25.5. The van der Waals surface area contributed by atoms with Crippen LogP contribution in [0.15, 0.2) is 54.6 Å². The Hall–Kier alpha value is -3.42. The van der Waals surface area contributed by atoms with E-state index < -0.39 is 11.4 Å². The lowest BCUT2D eigenvalue weighted by atomic mass is 9.91. The van der Waals surface area contributed by atoms with Gasteiger partial charge in [0.15, 0.2) is 0 Å². The van der Waals surface area contributed by atoms with Gasteiger partial charge in [0.2, 0.25) is 0 Å². The van der Waals surface area contributed by atoms with Gasteiger partial charge in [-0.25, -0.2) is 4.98 Å². The molecule has 7 nitrogen and oxygen atoms in total. The first-order valence-corrected chi connectivity index (χ1v) is 14.6. The molecule has 1 aromatic heterocycles. The summed E-state index contributed by atoms with van der Waals surface area (Å²) in [7, 11) is 0. The lowest BCUT2D eigenvalue weighted by molar-refractivity contribution is -0.144. The Morgan fingerprint density at radius 3 is 2.88 bits per heavy atom. The van der Waals surface area contributed by atoms with Crippen LogP contribution in [0.2, 0.25) is 0 Å². The molecular weight excluding hydrogens is 502 g/mol. The molecule has 208 valence electrons. The minimum Gasteiger partial charge on any atom is -0.488 e. The molecule has 7 rings (SSSR count). The largest absolute Gasteiger partial charge is 0.488 e. The molecule has 0 bridgehead atoms. The smallest absolute Gasteiger partial charge is 0.310 e. The van der Waals surface area contributed by atoms with E-state index >= 15 is 0 Å². The fourth-order valence-electron chi connectivity index (χ4n) is 7.09. The summed E-state index contributed by atoms with van der Waals surface area (Å²) >= 11 is 0. The van der Waals surface area contributed by atoms with Crippen LogP contribution < -0.4 is 9.64 Å². The van der Waals surface area contributed by atoms with Crippen molar-refractivity contribution in [3.05, 3.63) is 76.9 Å². The van der Waals surface area contributed by atoms with Gasteiger partial charge in [0.1, 0.15) is 18.2 Å². The Bertz CT molecular complexity index is 1430. The van der Waals surface area contributed by atoms with Crippen molar-refractivity contribution >= 4 is 11.8 Å². The number of piperidine rings is 1. The molecule has 40 heavy (non-hydrogen) atoms. The highest BCUT2D eigenvalue weighted by molar-refractivity contribution is 5.79. The highest BCUT2D eigenvalue weighted by Crippen LogP contribution is 2.58. The average Bonchev–Trinajstić information content (AvgIpc) is 3.49. The number of carboxylic acids is 1. The van der Waals surface area contributed by atoms with Gasteiger partial charge in [-0.15, -0.1) is 0 Å². The first-order valence-electron chi connectivity index (χ1n) is 14.6. The van der Waals surface area contributed by atoms with Gasteiger partial charge >= 0.3 is 5.97 Å². The second-order valence-electron chi connectivity index (χ2n) is 11.9. The summed E-state index contributed by atoms with van der Waals surface area (Å²) in [6, 6.07) is 19.3. The lowest BCUT2D eigenvalue weighted by Gasteiger charge is -2.34. The van der Waals surface area contributed by atoms with Gasteiger partial charge in [-0.2, -0.15) is 0 Å². The Balaban J connectivity index is 1.06. The number of aromatic nitrogens is 1. The number of benzene rings is 2. The number of ether oxygens (including phenoxy) is 2. The molecule has 0 spiro atoms. The number of nitrogens with zero attached hydrogens (tertiary/aromatic N) is 3. The SMILES string of the molecule is Cc1c(COc2ccccc2-c2cccc(N3CC[C@@]4(C(=O)O)C[C@H]4C3)n2)ccc2c1CCN([C@@H]1CCOC1)C2. The summed E-state index contributed by atoms with van der Waals surface area (Å²) in [5.41, 5.74) is 6.84. The molecule has 0 unspecified atom stereocenters. The summed E-state index contributed by atoms with van der Waals surface area (Å²) in [5.74, 6) is 1.31. The molecular formula is C33H37N3O4. The highest BCUT2D eigenvalue weighted by atomic mass is 16.5. The fourth-order valence-corrected chi connectivity index (χ4v) is 7.09. The molecule has 0 radical (unpaired) electrons. The summed E-state index contributed by atoms with van der Waals surface area (Å²) in [5, 5.41) is 9.62. The molecule has 0 amide bonds. The van der Waals surface area contributed by atoms with Crippen molar-refractivity contribution in [3.8, 4) is 17.0 Å². The van der Waals surface area contributed by atoms with Crippen LogP contribution in [-0.2, 0) is 29.1 Å². The Labute approximate surface area is 235 Å². The fraction of sp³-hybridized carbons (Fsp3) is 0.455. The molecule has 1 saturated carbocycles. The minimum absolute atomic E-state index is 0.222. The van der Waals surface area contributed by atoms with Crippen molar-refractivity contribution in [3.63, 3.8) is 0 Å². The first-order chi connectivity index (χ1) is 19.5. The third-order valence-corrected chi connectivity index (χ3v) is 9.78. The van der Waals surface area contributed by atoms with E-state index in [1.807, 2.05) is 36.4 Å². The second kappa shape index (κ2) is 10.2. The van der Waals surface area contributed by atoms with Gasteiger partial charge in [-0.05, 0) is 85.0 Å². The number of carboxylic acid groups (broad SMARTS) is 1. The average molecular weight is 540 g/mol. The van der Waals surface area contributed by atoms with Crippen LogP contribution in [0, 0.1) is 18.3 Å². The van der Waals surface area contributed by atoms with Crippen LogP contribution in [0.3, 0.4) is 0 Å². The van der Waals surface area contributed by atoms with Gasteiger partial charge in [0, 0.05) is 44.4 Å². The van der Waals surface area contributed by atoms with E-state index in [-0.39, 0.29) is 5.92 Å². The number of hydrogen-bond donors (Lipinski definition) is 1. The minimum atomic E-state index is -0.639. The van der Waals surface area contributed by atoms with E-state index in [1.54, 1.807) is 0 Å². The van der Waals surface area contributed by atoms with Crippen LogP contribution in [-0.4, -0.2) is 59.8 Å². The van der Waals surface area contributed by atoms with Crippen molar-refractivity contribution in [1.29, 1.82) is 0 Å². The van der Waals surface area contributed by atoms with Gasteiger partial charge in [-0.1, -0.05) is 30.3 Å². The van der Waals surface area contributed by atoms with Crippen molar-refractivity contribution < 1.29 is 19.4 Å². The maximum atomic E-state index is 11.7. The van der Waals surface area contributed by atoms with Crippen molar-refractivity contribution in [2.75, 3.05) is 37.7 Å². The van der Waals surface area contributed by atoms with Gasteiger partial charge in [0.25, 0.3) is 0 Å². The molecule has 3 atom stereocenters. The van der Waals surface area contributed by atoms with E-state index in [0.29, 0.717) is 19.1 Å². The monoisotopic (exact) mass is 539 g/mol. The second-order valence-corrected chi connectivity index (χ2v) is 11.9. The van der Waals surface area contributed by atoms with E-state index in [0.717, 1.165) is 81.5 Å². The van der Waals surface area contributed by atoms with Crippen LogP contribution in [0.4, 0.5) is 5.82 Å². The van der Waals surface area contributed by atoms with Crippen LogP contribution in [0.1, 0.15) is 41.5 Å². The maximum absolute atomic E-state index is 11.7. The number of rotatable bonds is 7. The third kappa shape index (κ3) is 4.55. The number of para-hydroxylation sites is 1. The van der Waals surface area contributed by atoms with E-state index in [1.165, 1.54) is 22.3 Å². The molecule has 3 fully saturated rings. The topological polar surface area (TPSA) is 75.1 Å². The Morgan fingerprint density at radius 2 is 2.05 bits per heavy atom. The molecule has 4 heterocycles. The van der Waals surface area contributed by atoms with Crippen LogP contribution in [0.25, 0.3) is 11.3 Å². The normalized spacial score (nSPS) is 25.8. The van der Waals surface area contributed by atoms with Gasteiger partial charge in [-0.3, -0.25) is 9.69 Å². The van der Waals surface area contributed by atoms with E-state index in [9.17, 15) is 9.90 Å². The highest BCUT2D eigenvalue weighted by Gasteiger charge is 2.62. The zero-order valence-electron chi connectivity index (χ0n) is 23.1. The van der Waals surface area contributed by atoms with E-state index in [4.69, 9.17) is 14.5 Å².